The molecule has 0 fully saturated rings. The van der Waals surface area contributed by atoms with Crippen LogP contribution >= 0.6 is 0 Å². The number of hydrogen-bond donors (Lipinski definition) is 0. The van der Waals surface area contributed by atoms with Gasteiger partial charge in [0.25, 0.3) is 0 Å². The van der Waals surface area contributed by atoms with Gasteiger partial charge in [-0.05, 0) is 12.8 Å². The van der Waals surface area contributed by atoms with E-state index in [4.69, 9.17) is 4.74 Å². The highest BCUT2D eigenvalue weighted by Gasteiger charge is 2.43. The summed E-state index contributed by atoms with van der Waals surface area (Å²) >= 11 is 0. The van der Waals surface area contributed by atoms with Crippen LogP contribution in [0.2, 0.25) is 0 Å². The monoisotopic (exact) mass is 542 g/mol. The van der Waals surface area contributed by atoms with E-state index in [1.165, 1.54) is 108 Å². The first kappa shape index (κ1) is 34.0. The van der Waals surface area contributed by atoms with E-state index in [-0.39, 0.29) is 24.8 Å². The normalized spacial score (nSPS) is 12.3. The molecule has 1 unspecified atom stereocenters. The molecule has 1 rings (SSSR count). The van der Waals surface area contributed by atoms with Gasteiger partial charge in [-0.25, -0.2) is 0 Å². The van der Waals surface area contributed by atoms with Crippen LogP contribution in [0.5, 0.6) is 0 Å². The fourth-order valence-electron chi connectivity index (χ4n) is 4.43. The van der Waals surface area contributed by atoms with E-state index in [0.717, 1.165) is 19.3 Å². The molecule has 0 aliphatic rings. The molecule has 0 aliphatic heterocycles. The molecule has 0 radical (unpaired) electrons. The molecule has 0 heterocycles. The molecule has 4 nitrogen and oxygen atoms in total. The van der Waals surface area contributed by atoms with Crippen LogP contribution in [0.4, 0.5) is 13.2 Å². The van der Waals surface area contributed by atoms with Crippen LogP contribution < -0.4 is 0 Å². The van der Waals surface area contributed by atoms with E-state index in [9.17, 15) is 22.8 Å². The molecule has 38 heavy (non-hydrogen) atoms. The zero-order chi connectivity index (χ0) is 27.9. The fourth-order valence-corrected chi connectivity index (χ4v) is 4.43. The molecule has 0 aliphatic carbocycles. The number of benzene rings is 1. The van der Waals surface area contributed by atoms with Crippen LogP contribution in [0.1, 0.15) is 141 Å². The van der Waals surface area contributed by atoms with Gasteiger partial charge in [-0.1, -0.05) is 134 Å². The lowest BCUT2D eigenvalue weighted by Gasteiger charge is -2.21. The number of unbranched alkanes of at least 4 members (excludes halogenated alkanes) is 15. The van der Waals surface area contributed by atoms with Gasteiger partial charge in [-0.3, -0.25) is 9.59 Å². The number of hydrogen-bond acceptors (Lipinski definition) is 4. The largest absolute Gasteiger partial charge is 0.466 e. The Balaban J connectivity index is 1.95. The molecule has 0 aromatic heterocycles. The minimum absolute atomic E-state index is 0.0179. The second kappa shape index (κ2) is 21.8. The van der Waals surface area contributed by atoms with Gasteiger partial charge in [-0.15, -0.1) is 0 Å². The molecule has 218 valence electrons. The van der Waals surface area contributed by atoms with E-state index in [2.05, 4.69) is 11.7 Å². The summed E-state index contributed by atoms with van der Waals surface area (Å²) in [6.07, 6.45) is 13.2. The van der Waals surface area contributed by atoms with E-state index in [1.54, 1.807) is 6.07 Å². The Labute approximate surface area is 228 Å². The lowest BCUT2D eigenvalue weighted by Crippen LogP contribution is -2.26. The summed E-state index contributed by atoms with van der Waals surface area (Å²) in [4.78, 5) is 23.7. The Morgan fingerprint density at radius 2 is 1.11 bits per heavy atom. The van der Waals surface area contributed by atoms with Crippen LogP contribution in [0.3, 0.4) is 0 Å². The van der Waals surface area contributed by atoms with Crippen LogP contribution in [-0.4, -0.2) is 24.7 Å². The third kappa shape index (κ3) is 18.2. The number of carbonyl (C=O) groups excluding carboxylic acids is 2. The van der Waals surface area contributed by atoms with Crippen molar-refractivity contribution in [2.75, 3.05) is 6.61 Å². The maximum absolute atomic E-state index is 13.3. The average molecular weight is 543 g/mol. The van der Waals surface area contributed by atoms with Gasteiger partial charge in [0.05, 0.1) is 6.61 Å². The first-order chi connectivity index (χ1) is 18.3. The van der Waals surface area contributed by atoms with Crippen molar-refractivity contribution in [3.8, 4) is 0 Å². The van der Waals surface area contributed by atoms with Crippen LogP contribution in [0, 0.1) is 0 Å². The molecule has 0 amide bonds. The van der Waals surface area contributed by atoms with Gasteiger partial charge >= 0.3 is 18.1 Å². The van der Waals surface area contributed by atoms with Crippen molar-refractivity contribution in [3.63, 3.8) is 0 Å². The molecule has 0 spiro atoms. The molecule has 1 atom stereocenters. The Morgan fingerprint density at radius 3 is 1.58 bits per heavy atom. The van der Waals surface area contributed by atoms with Gasteiger partial charge in [0.2, 0.25) is 6.10 Å². The van der Waals surface area contributed by atoms with Crippen molar-refractivity contribution in [3.05, 3.63) is 35.9 Å². The standard InChI is InChI=1S/C31H49F3O4/c1-2-3-4-5-6-7-8-9-10-11-12-13-14-15-16-20-26-37-28(35)24-21-25-29(36)38-30(31(32,33)34)27-22-18-17-19-23-27/h17-19,22-23,30H,2-16,20-21,24-26H2,1H3. The number of rotatable bonds is 23. The van der Waals surface area contributed by atoms with E-state index >= 15 is 0 Å². The predicted octanol–water partition coefficient (Wildman–Crippen LogP) is 9.81. The quantitative estimate of drug-likeness (QED) is 0.102. The number of halogens is 3. The minimum atomic E-state index is -4.71. The summed E-state index contributed by atoms with van der Waals surface area (Å²) in [5.41, 5.74) is -0.133. The number of alkyl halides is 3. The minimum Gasteiger partial charge on any atom is -0.466 e. The maximum Gasteiger partial charge on any atom is 0.429 e. The Bertz CT molecular complexity index is 722. The Morgan fingerprint density at radius 1 is 0.658 bits per heavy atom. The number of ether oxygens (including phenoxy) is 2. The van der Waals surface area contributed by atoms with Gasteiger partial charge in [0, 0.05) is 18.4 Å². The third-order valence-electron chi connectivity index (χ3n) is 6.67. The lowest BCUT2D eigenvalue weighted by atomic mass is 10.0. The van der Waals surface area contributed by atoms with Crippen LogP contribution in [0.15, 0.2) is 30.3 Å². The Hall–Kier alpha value is -2.05. The molecule has 1 aromatic rings. The van der Waals surface area contributed by atoms with E-state index in [1.807, 2.05) is 0 Å². The number of carbonyl (C=O) groups is 2. The zero-order valence-electron chi connectivity index (χ0n) is 23.4. The van der Waals surface area contributed by atoms with Gasteiger partial charge in [0.1, 0.15) is 0 Å². The third-order valence-corrected chi connectivity index (χ3v) is 6.67. The smallest absolute Gasteiger partial charge is 0.429 e. The summed E-state index contributed by atoms with van der Waals surface area (Å²) in [5.74, 6) is -1.42. The highest BCUT2D eigenvalue weighted by Crippen LogP contribution is 2.36. The lowest BCUT2D eigenvalue weighted by molar-refractivity contribution is -0.224. The van der Waals surface area contributed by atoms with Crippen molar-refractivity contribution < 1.29 is 32.2 Å². The van der Waals surface area contributed by atoms with Crippen molar-refractivity contribution >= 4 is 11.9 Å². The zero-order valence-corrected chi connectivity index (χ0v) is 23.4. The summed E-state index contributed by atoms with van der Waals surface area (Å²) in [5, 5.41) is 0. The predicted molar refractivity (Wildman–Crippen MR) is 146 cm³/mol. The van der Waals surface area contributed by atoms with E-state index < -0.39 is 24.2 Å². The molecule has 0 saturated carbocycles. The molecule has 0 bridgehead atoms. The van der Waals surface area contributed by atoms with Gasteiger partial charge in [-0.2, -0.15) is 13.2 Å². The molecule has 7 heteroatoms. The molecular weight excluding hydrogens is 493 g/mol. The van der Waals surface area contributed by atoms with E-state index in [0.29, 0.717) is 6.61 Å². The number of esters is 2. The van der Waals surface area contributed by atoms with Gasteiger partial charge in [0.15, 0.2) is 0 Å². The molecule has 1 aromatic carbocycles. The summed E-state index contributed by atoms with van der Waals surface area (Å²) in [6.45, 7) is 2.59. The Kier molecular flexibility index (Phi) is 19.5. The van der Waals surface area contributed by atoms with Crippen LogP contribution in [-0.2, 0) is 19.1 Å². The topological polar surface area (TPSA) is 52.6 Å². The van der Waals surface area contributed by atoms with Crippen LogP contribution in [0.25, 0.3) is 0 Å². The summed E-state index contributed by atoms with van der Waals surface area (Å²) in [7, 11) is 0. The highest BCUT2D eigenvalue weighted by molar-refractivity contribution is 5.72. The van der Waals surface area contributed by atoms with Crippen molar-refractivity contribution in [2.45, 2.75) is 141 Å². The molecule has 0 N–H and O–H groups in total. The average Bonchev–Trinajstić information content (AvgIpc) is 2.89. The maximum atomic E-state index is 13.3. The van der Waals surface area contributed by atoms with Crippen molar-refractivity contribution in [2.24, 2.45) is 0 Å². The first-order valence-electron chi connectivity index (χ1n) is 14.8. The van der Waals surface area contributed by atoms with Gasteiger partial charge < -0.3 is 9.47 Å². The molecular formula is C31H49F3O4. The first-order valence-corrected chi connectivity index (χ1v) is 14.8. The summed E-state index contributed by atoms with van der Waals surface area (Å²) < 4.78 is 49.6. The van der Waals surface area contributed by atoms with Crippen molar-refractivity contribution in [1.82, 2.24) is 0 Å². The fraction of sp³-hybridized carbons (Fsp3) is 0.742. The van der Waals surface area contributed by atoms with Crippen molar-refractivity contribution in [1.29, 1.82) is 0 Å². The summed E-state index contributed by atoms with van der Waals surface area (Å²) in [6, 6.07) is 7.03. The second-order valence-electron chi connectivity index (χ2n) is 10.2. The second-order valence-corrected chi connectivity index (χ2v) is 10.2. The SMILES string of the molecule is CCCCCCCCCCCCCCCCCCOC(=O)CCCC(=O)OC(c1ccccc1)C(F)(F)F. The highest BCUT2D eigenvalue weighted by atomic mass is 19.4. The molecule has 0 saturated heterocycles.